The minimum absolute atomic E-state index is 0. The van der Waals surface area contributed by atoms with Crippen molar-refractivity contribution in [3.8, 4) is 28.3 Å². The molecule has 0 saturated heterocycles. The average Bonchev–Trinajstić information content (AvgIpc) is 3.69. The molecule has 4 aromatic carbocycles. The van der Waals surface area contributed by atoms with Gasteiger partial charge in [0, 0.05) is 37.4 Å². The number of furan rings is 1. The first-order valence-electron chi connectivity index (χ1n) is 18.4. The van der Waals surface area contributed by atoms with Crippen LogP contribution in [0.5, 0.6) is 0 Å². The van der Waals surface area contributed by atoms with Crippen LogP contribution in [-0.4, -0.2) is 27.6 Å². The number of imidazole rings is 1. The standard InChI is InChI=1S/C28H19F3N3O.C18H24NSi.Ir/c1-15-13-16(2)24(17(3)14-15)34-22-10-5-4-9-21(22)32-26(34)20-8-6-7-18-19-11-12-23(28(29,30)31)33-27(19)35-25(18)20;1-14(2)11-16-12-17(15-9-7-6-8-10-15)19-13-18(16)20(3,4)5;/h4-7,9-14H,1-3H3;6-9,12-14H,11H2,1-5H3;/q2*-1;. The van der Waals surface area contributed by atoms with E-state index in [0.29, 0.717) is 33.7 Å². The average molecular weight is 945 g/mol. The van der Waals surface area contributed by atoms with E-state index in [4.69, 9.17) is 9.40 Å². The van der Waals surface area contributed by atoms with Crippen LogP contribution in [0.15, 0.2) is 102 Å². The van der Waals surface area contributed by atoms with Gasteiger partial charge in [-0.2, -0.15) is 13.2 Å². The molecule has 8 aromatic rings. The molecule has 0 unspecified atom stereocenters. The molecule has 1 radical (unpaired) electrons. The summed E-state index contributed by atoms with van der Waals surface area (Å²) in [5, 5.41) is 2.66. The van der Waals surface area contributed by atoms with Gasteiger partial charge in [-0.05, 0) is 79.4 Å². The van der Waals surface area contributed by atoms with Crippen LogP contribution < -0.4 is 5.19 Å². The zero-order valence-corrected chi connectivity index (χ0v) is 36.1. The fraction of sp³-hybridized carbons (Fsp3) is 0.239. The molecule has 0 saturated carbocycles. The Kier molecular flexibility index (Phi) is 11.6. The Labute approximate surface area is 340 Å². The van der Waals surface area contributed by atoms with Crippen LogP contribution in [0, 0.1) is 38.8 Å². The van der Waals surface area contributed by atoms with E-state index in [2.05, 4.69) is 111 Å². The third-order valence-corrected chi connectivity index (χ3v) is 11.7. The second-order valence-corrected chi connectivity index (χ2v) is 20.6. The van der Waals surface area contributed by atoms with Gasteiger partial charge >= 0.3 is 6.18 Å². The summed E-state index contributed by atoms with van der Waals surface area (Å²) in [7, 11) is -1.34. The number of para-hydroxylation sites is 2. The fourth-order valence-electron chi connectivity index (χ4n) is 7.37. The summed E-state index contributed by atoms with van der Waals surface area (Å²) in [6, 6.07) is 34.8. The molecule has 56 heavy (non-hydrogen) atoms. The molecule has 4 heterocycles. The van der Waals surface area contributed by atoms with Crippen molar-refractivity contribution in [2.24, 2.45) is 5.92 Å². The zero-order chi connectivity index (χ0) is 39.2. The number of aryl methyl sites for hydroxylation is 3. The van der Waals surface area contributed by atoms with Crippen LogP contribution in [0.3, 0.4) is 0 Å². The fourth-order valence-corrected chi connectivity index (χ4v) is 8.96. The van der Waals surface area contributed by atoms with E-state index in [1.165, 1.54) is 16.8 Å². The van der Waals surface area contributed by atoms with Gasteiger partial charge in [0.15, 0.2) is 0 Å². The van der Waals surface area contributed by atoms with Gasteiger partial charge in [-0.1, -0.05) is 85.9 Å². The van der Waals surface area contributed by atoms with Gasteiger partial charge in [0.2, 0.25) is 5.71 Å². The normalized spacial score (nSPS) is 11.9. The van der Waals surface area contributed by atoms with Crippen LogP contribution in [-0.2, 0) is 32.7 Å². The molecule has 5 nitrogen and oxygen atoms in total. The molecule has 0 aliphatic rings. The van der Waals surface area contributed by atoms with E-state index >= 15 is 0 Å². The predicted octanol–water partition coefficient (Wildman–Crippen LogP) is 12.0. The van der Waals surface area contributed by atoms with Crippen molar-refractivity contribution in [3.63, 3.8) is 0 Å². The summed E-state index contributed by atoms with van der Waals surface area (Å²) in [5.41, 5.74) is 9.53. The first-order valence-corrected chi connectivity index (χ1v) is 21.9. The van der Waals surface area contributed by atoms with Crippen LogP contribution in [0.4, 0.5) is 13.2 Å². The zero-order valence-electron chi connectivity index (χ0n) is 32.7. The third kappa shape index (κ3) is 8.15. The second kappa shape index (κ2) is 15.9. The van der Waals surface area contributed by atoms with Crippen molar-refractivity contribution < 1.29 is 37.7 Å². The van der Waals surface area contributed by atoms with Gasteiger partial charge in [0.1, 0.15) is 5.69 Å². The number of nitrogens with zero attached hydrogens (tertiary/aromatic N) is 4. The Morgan fingerprint density at radius 2 is 1.54 bits per heavy atom. The van der Waals surface area contributed by atoms with Crippen molar-refractivity contribution in [1.82, 2.24) is 19.5 Å². The van der Waals surface area contributed by atoms with Crippen molar-refractivity contribution in [3.05, 3.63) is 137 Å². The first kappa shape index (κ1) is 40.8. The van der Waals surface area contributed by atoms with Crippen LogP contribution in [0.2, 0.25) is 19.6 Å². The topological polar surface area (TPSA) is 56.7 Å². The second-order valence-electron chi connectivity index (χ2n) is 15.6. The molecule has 0 bridgehead atoms. The van der Waals surface area contributed by atoms with Gasteiger partial charge in [0.25, 0.3) is 0 Å². The van der Waals surface area contributed by atoms with Gasteiger partial charge in [0.05, 0.1) is 30.5 Å². The maximum absolute atomic E-state index is 13.3. The summed E-state index contributed by atoms with van der Waals surface area (Å²) in [5.74, 6) is 1.27. The number of alkyl halides is 3. The molecule has 0 aliphatic carbocycles. The Morgan fingerprint density at radius 1 is 0.821 bits per heavy atom. The quantitative estimate of drug-likeness (QED) is 0.123. The first-order chi connectivity index (χ1) is 26.1. The molecule has 0 amide bonds. The van der Waals surface area contributed by atoms with Crippen LogP contribution in [0.1, 0.15) is 41.8 Å². The van der Waals surface area contributed by atoms with Gasteiger partial charge in [-0.15, -0.1) is 54.1 Å². The molecule has 4 aromatic heterocycles. The largest absolute Gasteiger partial charge is 0.486 e. The number of fused-ring (bicyclic) bond motifs is 4. The summed E-state index contributed by atoms with van der Waals surface area (Å²) in [6.07, 6.45) is -1.32. The van der Waals surface area contributed by atoms with E-state index in [1.807, 2.05) is 42.5 Å². The molecule has 0 aliphatic heterocycles. The number of rotatable bonds is 6. The summed E-state index contributed by atoms with van der Waals surface area (Å²) >= 11 is 0. The Balaban J connectivity index is 0.000000217. The van der Waals surface area contributed by atoms with Gasteiger partial charge in [-0.25, -0.2) is 4.98 Å². The molecule has 0 fully saturated rings. The van der Waals surface area contributed by atoms with Crippen molar-refractivity contribution in [1.29, 1.82) is 0 Å². The number of pyridine rings is 2. The molecule has 0 spiro atoms. The number of benzene rings is 4. The monoisotopic (exact) mass is 945 g/mol. The van der Waals surface area contributed by atoms with E-state index < -0.39 is 19.9 Å². The summed E-state index contributed by atoms with van der Waals surface area (Å²) in [6.45, 7) is 17.9. The molecular formula is C46H43F3IrN4OSi-2. The maximum atomic E-state index is 13.3. The number of halogens is 3. The molecule has 0 N–H and O–H groups in total. The van der Waals surface area contributed by atoms with Crippen LogP contribution >= 0.6 is 0 Å². The van der Waals surface area contributed by atoms with Gasteiger partial charge in [-0.3, -0.25) is 4.98 Å². The van der Waals surface area contributed by atoms with E-state index in [1.54, 1.807) is 12.1 Å². The van der Waals surface area contributed by atoms with Crippen molar-refractivity contribution in [2.45, 2.75) is 66.9 Å². The smallest absolute Gasteiger partial charge is 0.433 e. The molecule has 8 rings (SSSR count). The minimum Gasteiger partial charge on any atom is -0.486 e. The Morgan fingerprint density at radius 3 is 2.20 bits per heavy atom. The predicted molar refractivity (Wildman–Crippen MR) is 220 cm³/mol. The van der Waals surface area contributed by atoms with Crippen molar-refractivity contribution in [2.75, 3.05) is 0 Å². The Hall–Kier alpha value is -4.89. The maximum Gasteiger partial charge on any atom is 0.433 e. The number of aromatic nitrogens is 4. The molecule has 289 valence electrons. The van der Waals surface area contributed by atoms with Crippen molar-refractivity contribution >= 4 is 46.4 Å². The summed E-state index contributed by atoms with van der Waals surface area (Å²) in [4.78, 5) is 13.3. The van der Waals surface area contributed by atoms with E-state index in [0.717, 1.165) is 57.2 Å². The third-order valence-electron chi connectivity index (χ3n) is 9.64. The minimum atomic E-state index is -4.56. The van der Waals surface area contributed by atoms with E-state index in [9.17, 15) is 13.2 Å². The molecule has 0 atom stereocenters. The Bertz CT molecular complexity index is 2650. The SMILES string of the molecule is CC(C)Cc1cc(-c2[c-]cccc2)ncc1[Si](C)(C)C.Cc1cc(C)c(-n2c(-c3[c-]ccc4c3oc3nc(C(F)(F)F)ccc34)nc3ccccc32)c(C)c1.[Ir]. The number of hydrogen-bond donors (Lipinski definition) is 0. The molecular weight excluding hydrogens is 902 g/mol. The van der Waals surface area contributed by atoms with E-state index in [-0.39, 0.29) is 25.8 Å². The summed E-state index contributed by atoms with van der Waals surface area (Å²) < 4.78 is 47.8. The van der Waals surface area contributed by atoms with Gasteiger partial charge < -0.3 is 14.0 Å². The van der Waals surface area contributed by atoms with Crippen LogP contribution in [0.25, 0.3) is 61.4 Å². The molecule has 10 heteroatoms. The number of hydrogen-bond acceptors (Lipinski definition) is 4.